The minimum atomic E-state index is -0.317. The van der Waals surface area contributed by atoms with Crippen LogP contribution in [0.15, 0.2) is 4.79 Å². The van der Waals surface area contributed by atoms with E-state index in [9.17, 15) is 4.79 Å². The van der Waals surface area contributed by atoms with E-state index in [-0.39, 0.29) is 11.5 Å². The largest absolute Gasteiger partial charge is 0.383 e. The number of aromatic nitrogens is 4. The molecule has 0 atom stereocenters. The Hall–Kier alpha value is -1.93. The second-order valence-electron chi connectivity index (χ2n) is 3.50. The molecule has 0 bridgehead atoms. The second kappa shape index (κ2) is 4.93. The lowest BCUT2D eigenvalue weighted by Crippen LogP contribution is -2.19. The summed E-state index contributed by atoms with van der Waals surface area (Å²) in [5.74, 6) is 0.701. The molecule has 2 aromatic rings. The molecule has 2 rings (SSSR count). The maximum absolute atomic E-state index is 11.5. The average molecular weight is 238 g/mol. The Morgan fingerprint density at radius 3 is 3.00 bits per heavy atom. The van der Waals surface area contributed by atoms with Crippen molar-refractivity contribution in [1.82, 2.24) is 25.3 Å². The fourth-order valence-corrected chi connectivity index (χ4v) is 1.44. The molecular weight excluding hydrogens is 224 g/mol. The van der Waals surface area contributed by atoms with Crippen LogP contribution >= 0.6 is 0 Å². The van der Waals surface area contributed by atoms with E-state index in [0.717, 1.165) is 0 Å². The van der Waals surface area contributed by atoms with Crippen molar-refractivity contribution < 1.29 is 4.74 Å². The monoisotopic (exact) mass is 238 g/mol. The number of hydrogen-bond donors (Lipinski definition) is 4. The lowest BCUT2D eigenvalue weighted by atomic mass is 10.5. The Labute approximate surface area is 96.6 Å². The van der Waals surface area contributed by atoms with Gasteiger partial charge in [0.15, 0.2) is 11.2 Å². The molecule has 0 radical (unpaired) electrons. The Balaban J connectivity index is 2.15. The van der Waals surface area contributed by atoms with Gasteiger partial charge in [0.1, 0.15) is 5.82 Å². The molecule has 17 heavy (non-hydrogen) atoms. The predicted octanol–water partition coefficient (Wildman–Crippen LogP) is -1.04. The van der Waals surface area contributed by atoms with E-state index in [4.69, 9.17) is 10.5 Å². The van der Waals surface area contributed by atoms with Gasteiger partial charge >= 0.3 is 0 Å². The molecule has 8 heteroatoms. The number of H-pyrrole nitrogens is 2. The van der Waals surface area contributed by atoms with E-state index >= 15 is 0 Å². The first-order chi connectivity index (χ1) is 8.20. The third kappa shape index (κ3) is 2.60. The summed E-state index contributed by atoms with van der Waals surface area (Å²) >= 11 is 0. The van der Waals surface area contributed by atoms with Gasteiger partial charge in [0.05, 0.1) is 13.2 Å². The summed E-state index contributed by atoms with van der Waals surface area (Å²) in [5.41, 5.74) is 5.77. The highest BCUT2D eigenvalue weighted by Gasteiger charge is 2.07. The van der Waals surface area contributed by atoms with Gasteiger partial charge < -0.3 is 20.8 Å². The van der Waals surface area contributed by atoms with E-state index in [1.165, 1.54) is 0 Å². The molecule has 8 nitrogen and oxygen atoms in total. The Bertz CT molecular complexity index is 560. The van der Waals surface area contributed by atoms with Gasteiger partial charge in [0.25, 0.3) is 5.56 Å². The number of imidazole rings is 1. The summed E-state index contributed by atoms with van der Waals surface area (Å²) in [6.07, 6.45) is 0. The first-order valence-electron chi connectivity index (χ1n) is 5.14. The zero-order valence-corrected chi connectivity index (χ0v) is 9.41. The molecule has 0 unspecified atom stereocenters. The van der Waals surface area contributed by atoms with Crippen molar-refractivity contribution in [3.05, 3.63) is 16.2 Å². The van der Waals surface area contributed by atoms with Crippen LogP contribution in [0.1, 0.15) is 5.82 Å². The standard InChI is InChI=1S/C9H14N6O2/c1-17-3-2-11-4-5-12-6-7(13-5)14-9(10)15-8(6)16/h11H,2-4H2,1H3,(H4,10,12,13,14,15,16). The summed E-state index contributed by atoms with van der Waals surface area (Å²) < 4.78 is 4.90. The third-order valence-electron chi connectivity index (χ3n) is 2.20. The maximum Gasteiger partial charge on any atom is 0.278 e. The van der Waals surface area contributed by atoms with Crippen LogP contribution in [0, 0.1) is 0 Å². The Morgan fingerprint density at radius 2 is 2.24 bits per heavy atom. The van der Waals surface area contributed by atoms with Crippen molar-refractivity contribution in [3.63, 3.8) is 0 Å². The Kier molecular flexibility index (Phi) is 3.35. The lowest BCUT2D eigenvalue weighted by molar-refractivity contribution is 0.199. The summed E-state index contributed by atoms with van der Waals surface area (Å²) in [6.45, 7) is 1.84. The van der Waals surface area contributed by atoms with Gasteiger partial charge in [-0.2, -0.15) is 4.98 Å². The quantitative estimate of drug-likeness (QED) is 0.494. The average Bonchev–Trinajstić information content (AvgIpc) is 2.67. The van der Waals surface area contributed by atoms with E-state index in [2.05, 4.69) is 25.3 Å². The number of ether oxygens (including phenoxy) is 1. The smallest absolute Gasteiger partial charge is 0.278 e. The van der Waals surface area contributed by atoms with Gasteiger partial charge in [-0.15, -0.1) is 0 Å². The SMILES string of the molecule is COCCNCc1nc2nc(N)[nH]c(=O)c2[nH]1. The van der Waals surface area contributed by atoms with Gasteiger partial charge in [-0.3, -0.25) is 9.78 Å². The van der Waals surface area contributed by atoms with Gasteiger partial charge in [0, 0.05) is 13.7 Å². The van der Waals surface area contributed by atoms with Crippen LogP contribution in [0.25, 0.3) is 11.2 Å². The van der Waals surface area contributed by atoms with Gasteiger partial charge in [0.2, 0.25) is 5.95 Å². The van der Waals surface area contributed by atoms with Crippen LogP contribution in [-0.4, -0.2) is 40.2 Å². The number of hydrogen-bond acceptors (Lipinski definition) is 6. The Morgan fingerprint density at radius 1 is 1.41 bits per heavy atom. The number of fused-ring (bicyclic) bond motifs is 1. The zero-order chi connectivity index (χ0) is 12.3. The van der Waals surface area contributed by atoms with Crippen molar-refractivity contribution in [3.8, 4) is 0 Å². The number of methoxy groups -OCH3 is 1. The van der Waals surface area contributed by atoms with E-state index in [1.807, 2.05) is 0 Å². The van der Waals surface area contributed by atoms with E-state index < -0.39 is 0 Å². The molecule has 0 amide bonds. The molecule has 0 saturated carbocycles. The van der Waals surface area contributed by atoms with Crippen molar-refractivity contribution >= 4 is 17.1 Å². The van der Waals surface area contributed by atoms with Crippen LogP contribution in [0.2, 0.25) is 0 Å². The molecule has 0 aliphatic carbocycles. The number of aromatic amines is 2. The normalized spacial score (nSPS) is 11.1. The second-order valence-corrected chi connectivity index (χ2v) is 3.50. The summed E-state index contributed by atoms with van der Waals surface area (Å²) in [5, 5.41) is 3.11. The number of nitrogen functional groups attached to an aromatic ring is 1. The third-order valence-corrected chi connectivity index (χ3v) is 2.20. The van der Waals surface area contributed by atoms with Crippen LogP contribution < -0.4 is 16.6 Å². The zero-order valence-electron chi connectivity index (χ0n) is 9.41. The molecule has 2 heterocycles. The molecule has 0 aliphatic heterocycles. The summed E-state index contributed by atoms with van der Waals surface area (Å²) in [4.78, 5) is 24.9. The van der Waals surface area contributed by atoms with Crippen LogP contribution in [-0.2, 0) is 11.3 Å². The molecule has 2 aromatic heterocycles. The van der Waals surface area contributed by atoms with Crippen molar-refractivity contribution in [2.75, 3.05) is 26.0 Å². The number of anilines is 1. The highest BCUT2D eigenvalue weighted by molar-refractivity contribution is 5.70. The molecule has 92 valence electrons. The number of nitrogens with one attached hydrogen (secondary N) is 3. The number of nitrogens with two attached hydrogens (primary N) is 1. The first kappa shape index (κ1) is 11.6. The van der Waals surface area contributed by atoms with Crippen molar-refractivity contribution in [2.45, 2.75) is 6.54 Å². The highest BCUT2D eigenvalue weighted by Crippen LogP contribution is 2.04. The fourth-order valence-electron chi connectivity index (χ4n) is 1.44. The topological polar surface area (TPSA) is 122 Å². The van der Waals surface area contributed by atoms with Crippen molar-refractivity contribution in [2.24, 2.45) is 0 Å². The number of nitrogens with zero attached hydrogens (tertiary/aromatic N) is 2. The molecule has 0 saturated heterocycles. The molecular formula is C9H14N6O2. The van der Waals surface area contributed by atoms with Crippen LogP contribution in [0.3, 0.4) is 0 Å². The van der Waals surface area contributed by atoms with Crippen LogP contribution in [0.4, 0.5) is 5.95 Å². The van der Waals surface area contributed by atoms with Crippen LogP contribution in [0.5, 0.6) is 0 Å². The first-order valence-corrected chi connectivity index (χ1v) is 5.14. The fraction of sp³-hybridized carbons (Fsp3) is 0.444. The molecule has 0 aromatic carbocycles. The van der Waals surface area contributed by atoms with Gasteiger partial charge in [-0.05, 0) is 0 Å². The maximum atomic E-state index is 11.5. The molecule has 0 aliphatic rings. The molecule has 0 spiro atoms. The summed E-state index contributed by atoms with van der Waals surface area (Å²) in [6, 6.07) is 0. The van der Waals surface area contributed by atoms with Gasteiger partial charge in [-0.1, -0.05) is 0 Å². The predicted molar refractivity (Wildman–Crippen MR) is 62.5 cm³/mol. The van der Waals surface area contributed by atoms with E-state index in [0.29, 0.717) is 36.7 Å². The van der Waals surface area contributed by atoms with E-state index in [1.54, 1.807) is 7.11 Å². The minimum Gasteiger partial charge on any atom is -0.383 e. The molecule has 0 fully saturated rings. The highest BCUT2D eigenvalue weighted by atomic mass is 16.5. The minimum absolute atomic E-state index is 0.0629. The lowest BCUT2D eigenvalue weighted by Gasteiger charge is -1.99. The summed E-state index contributed by atoms with van der Waals surface area (Å²) in [7, 11) is 1.63. The van der Waals surface area contributed by atoms with Gasteiger partial charge in [-0.25, -0.2) is 4.98 Å². The molecule has 5 N–H and O–H groups in total. The number of rotatable bonds is 5. The van der Waals surface area contributed by atoms with Crippen molar-refractivity contribution in [1.29, 1.82) is 0 Å².